The van der Waals surface area contributed by atoms with E-state index >= 15 is 0 Å². The smallest absolute Gasteiger partial charge is 0.338 e. The zero-order valence-corrected chi connectivity index (χ0v) is 20.0. The third-order valence-corrected chi connectivity index (χ3v) is 5.40. The minimum atomic E-state index is -0.400. The van der Waals surface area contributed by atoms with Gasteiger partial charge in [0.2, 0.25) is 0 Å². The first kappa shape index (κ1) is 27.3. The number of aldehydes is 1. The second kappa shape index (κ2) is 16.6. The van der Waals surface area contributed by atoms with E-state index in [1.165, 1.54) is 7.11 Å². The highest BCUT2D eigenvalue weighted by Gasteiger charge is 2.35. The van der Waals surface area contributed by atoms with Gasteiger partial charge < -0.3 is 19.0 Å². The largest absolute Gasteiger partial charge is 0.469 e. The Morgan fingerprint density at radius 2 is 1.74 bits per heavy atom. The lowest BCUT2D eigenvalue weighted by molar-refractivity contribution is -0.140. The zero-order valence-electron chi connectivity index (χ0n) is 20.0. The molecule has 1 aliphatic heterocycles. The number of benzene rings is 1. The lowest BCUT2D eigenvalue weighted by Crippen LogP contribution is -2.16. The van der Waals surface area contributed by atoms with Crippen LogP contribution in [0.2, 0.25) is 0 Å². The molecular weight excluding hydrogens is 432 g/mol. The lowest BCUT2D eigenvalue weighted by Gasteiger charge is -2.12. The molecular formula is C28H36O6. The molecule has 0 radical (unpaired) electrons. The summed E-state index contributed by atoms with van der Waals surface area (Å²) in [4.78, 5) is 34.0. The van der Waals surface area contributed by atoms with Gasteiger partial charge in [0, 0.05) is 19.3 Å². The maximum absolute atomic E-state index is 12.5. The van der Waals surface area contributed by atoms with E-state index in [1.807, 2.05) is 30.4 Å². The molecule has 2 rings (SSSR count). The molecule has 1 aromatic carbocycles. The Bertz CT molecular complexity index is 827. The first-order chi connectivity index (χ1) is 16.6. The standard InChI is InChI=1S/C28H36O6/c1-32-27(30)19-13-6-5-11-17-24(33-28(31)23-15-9-8-10-16-23)20-21-26-25(34-26)18-12-4-2-3-7-14-22-29/h4-5,8-12,15-16,20-22,24-26H,2-3,6-7,13-14,17-19H2,1H3/b11-5-,12-4-,21-20+/t24-,25-,26-/m0/s1. The van der Waals surface area contributed by atoms with Crippen LogP contribution in [0.4, 0.5) is 0 Å². The molecule has 0 N–H and O–H groups in total. The fourth-order valence-corrected chi connectivity index (χ4v) is 3.35. The Kier molecular flexibility index (Phi) is 13.3. The minimum Gasteiger partial charge on any atom is -0.469 e. The van der Waals surface area contributed by atoms with E-state index < -0.39 is 6.10 Å². The van der Waals surface area contributed by atoms with Crippen molar-refractivity contribution >= 4 is 18.2 Å². The molecule has 6 heteroatoms. The molecule has 0 spiro atoms. The van der Waals surface area contributed by atoms with Crippen molar-refractivity contribution in [1.29, 1.82) is 0 Å². The van der Waals surface area contributed by atoms with Crippen LogP contribution in [0.5, 0.6) is 0 Å². The number of carbonyl (C=O) groups is 3. The van der Waals surface area contributed by atoms with Gasteiger partial charge in [-0.1, -0.05) is 48.6 Å². The van der Waals surface area contributed by atoms with Crippen LogP contribution in [0.25, 0.3) is 0 Å². The summed E-state index contributed by atoms with van der Waals surface area (Å²) in [6, 6.07) is 8.94. The number of carbonyl (C=O) groups excluding carboxylic acids is 3. The van der Waals surface area contributed by atoms with Crippen molar-refractivity contribution in [3.63, 3.8) is 0 Å². The predicted molar refractivity (Wildman–Crippen MR) is 131 cm³/mol. The summed E-state index contributed by atoms with van der Waals surface area (Å²) >= 11 is 0. The average Bonchev–Trinajstić information content (AvgIpc) is 3.62. The number of allylic oxidation sites excluding steroid dienone is 2. The molecule has 0 bridgehead atoms. The molecule has 0 aromatic heterocycles. The van der Waals surface area contributed by atoms with Crippen molar-refractivity contribution in [3.05, 3.63) is 72.4 Å². The van der Waals surface area contributed by atoms with E-state index in [0.29, 0.717) is 24.8 Å². The summed E-state index contributed by atoms with van der Waals surface area (Å²) in [7, 11) is 1.39. The normalized spacial score (nSPS) is 18.4. The van der Waals surface area contributed by atoms with Gasteiger partial charge in [0.05, 0.1) is 18.8 Å². The van der Waals surface area contributed by atoms with E-state index in [-0.39, 0.29) is 24.1 Å². The highest BCUT2D eigenvalue weighted by atomic mass is 16.6. The summed E-state index contributed by atoms with van der Waals surface area (Å²) < 4.78 is 16.1. The SMILES string of the molecule is COC(=O)CCC/C=C\C[C@@H](/C=C/[C@@H]1O[C@H]1C/C=C\CCCCC=O)OC(=O)c1ccccc1. The molecule has 3 atom stereocenters. The van der Waals surface area contributed by atoms with Gasteiger partial charge in [-0.25, -0.2) is 4.79 Å². The quantitative estimate of drug-likeness (QED) is 0.0983. The fourth-order valence-electron chi connectivity index (χ4n) is 3.35. The second-order valence-electron chi connectivity index (χ2n) is 8.17. The first-order valence-electron chi connectivity index (χ1n) is 12.0. The molecule has 0 saturated carbocycles. The van der Waals surface area contributed by atoms with Crippen molar-refractivity contribution in [1.82, 2.24) is 0 Å². The Balaban J connectivity index is 1.80. The van der Waals surface area contributed by atoms with Crippen LogP contribution in [0.1, 0.15) is 68.1 Å². The van der Waals surface area contributed by atoms with Gasteiger partial charge in [-0.05, 0) is 56.7 Å². The summed E-state index contributed by atoms with van der Waals surface area (Å²) in [5.41, 5.74) is 0.516. The van der Waals surface area contributed by atoms with Crippen LogP contribution in [0, 0.1) is 0 Å². The Labute approximate surface area is 202 Å². The second-order valence-corrected chi connectivity index (χ2v) is 8.17. The first-order valence-corrected chi connectivity index (χ1v) is 12.0. The van der Waals surface area contributed by atoms with Gasteiger partial charge in [0.15, 0.2) is 0 Å². The average molecular weight is 469 g/mol. The van der Waals surface area contributed by atoms with Crippen LogP contribution >= 0.6 is 0 Å². The summed E-state index contributed by atoms with van der Waals surface area (Å²) in [6.07, 6.45) is 19.7. The van der Waals surface area contributed by atoms with Crippen LogP contribution in [0.15, 0.2) is 66.8 Å². The Morgan fingerprint density at radius 3 is 2.50 bits per heavy atom. The van der Waals surface area contributed by atoms with E-state index in [4.69, 9.17) is 9.47 Å². The summed E-state index contributed by atoms with van der Waals surface area (Å²) in [5.74, 6) is -0.571. The number of methoxy groups -OCH3 is 1. The molecule has 1 saturated heterocycles. The predicted octanol–water partition coefficient (Wildman–Crippen LogP) is 5.53. The third-order valence-electron chi connectivity index (χ3n) is 5.40. The lowest BCUT2D eigenvalue weighted by atomic mass is 10.1. The summed E-state index contributed by atoms with van der Waals surface area (Å²) in [6.45, 7) is 0. The molecule has 184 valence electrons. The Hall–Kier alpha value is -2.99. The number of unbranched alkanes of at least 4 members (excludes halogenated alkanes) is 4. The van der Waals surface area contributed by atoms with Gasteiger partial charge >= 0.3 is 11.9 Å². The zero-order chi connectivity index (χ0) is 24.4. The van der Waals surface area contributed by atoms with Crippen molar-refractivity contribution in [3.8, 4) is 0 Å². The van der Waals surface area contributed by atoms with E-state index in [9.17, 15) is 14.4 Å². The number of hydrogen-bond donors (Lipinski definition) is 0. The Morgan fingerprint density at radius 1 is 1.00 bits per heavy atom. The third kappa shape index (κ3) is 11.8. The molecule has 1 fully saturated rings. The molecule has 0 unspecified atom stereocenters. The number of hydrogen-bond acceptors (Lipinski definition) is 6. The maximum Gasteiger partial charge on any atom is 0.338 e. The number of rotatable bonds is 17. The van der Waals surface area contributed by atoms with Crippen LogP contribution < -0.4 is 0 Å². The van der Waals surface area contributed by atoms with Crippen molar-refractivity contribution < 1.29 is 28.6 Å². The highest BCUT2D eigenvalue weighted by molar-refractivity contribution is 5.89. The molecule has 34 heavy (non-hydrogen) atoms. The van der Waals surface area contributed by atoms with Gasteiger partial charge in [0.1, 0.15) is 18.5 Å². The number of epoxide rings is 1. The van der Waals surface area contributed by atoms with Gasteiger partial charge in [0.25, 0.3) is 0 Å². The fraction of sp³-hybridized carbons (Fsp3) is 0.464. The van der Waals surface area contributed by atoms with Gasteiger partial charge in [-0.15, -0.1) is 0 Å². The van der Waals surface area contributed by atoms with Gasteiger partial charge in [-0.3, -0.25) is 4.79 Å². The number of ether oxygens (including phenoxy) is 3. The molecule has 1 aromatic rings. The van der Waals surface area contributed by atoms with Crippen LogP contribution in [-0.4, -0.2) is 43.6 Å². The summed E-state index contributed by atoms with van der Waals surface area (Å²) in [5, 5.41) is 0. The molecule has 1 aliphatic rings. The van der Waals surface area contributed by atoms with Crippen LogP contribution in [0.3, 0.4) is 0 Å². The molecule has 1 heterocycles. The van der Waals surface area contributed by atoms with E-state index in [2.05, 4.69) is 16.9 Å². The topological polar surface area (TPSA) is 82.2 Å². The minimum absolute atomic E-state index is 0.0293. The highest BCUT2D eigenvalue weighted by Crippen LogP contribution is 2.27. The molecule has 0 aliphatic carbocycles. The van der Waals surface area contributed by atoms with Crippen LogP contribution in [-0.2, 0) is 23.8 Å². The van der Waals surface area contributed by atoms with E-state index in [0.717, 1.165) is 44.8 Å². The van der Waals surface area contributed by atoms with Crippen molar-refractivity contribution in [2.24, 2.45) is 0 Å². The van der Waals surface area contributed by atoms with Crippen molar-refractivity contribution in [2.45, 2.75) is 76.1 Å². The molecule has 0 amide bonds. The molecule has 6 nitrogen and oxygen atoms in total. The van der Waals surface area contributed by atoms with Gasteiger partial charge in [-0.2, -0.15) is 0 Å². The van der Waals surface area contributed by atoms with E-state index in [1.54, 1.807) is 24.3 Å². The van der Waals surface area contributed by atoms with Crippen molar-refractivity contribution in [2.75, 3.05) is 7.11 Å². The monoisotopic (exact) mass is 468 g/mol. The number of esters is 2. The maximum atomic E-state index is 12.5.